The standard InChI is InChI=1S/C24H29N4O4PS/c1-24(2)21(28-20-22(25)26-14-27-23(20)31-24)17-5-3-15(4-6-17)16-7-9-18(10-8-16)32-33(29,30)19-11-12-34-13-19/h3,5-6,11-16,18H,4,7-10H2,1-2H3,(H,29,30)(H2,25,26,27). The molecule has 3 aliphatic rings. The van der Waals surface area contributed by atoms with Crippen LogP contribution in [0.3, 0.4) is 0 Å². The second-order valence-corrected chi connectivity index (χ2v) is 12.1. The summed E-state index contributed by atoms with van der Waals surface area (Å²) in [5.74, 6) is 1.67. The first-order valence-corrected chi connectivity index (χ1v) is 14.1. The Labute approximate surface area is 203 Å². The van der Waals surface area contributed by atoms with Crippen LogP contribution in [0.25, 0.3) is 0 Å². The molecule has 0 bridgehead atoms. The minimum absolute atomic E-state index is 0.173. The monoisotopic (exact) mass is 500 g/mol. The van der Waals surface area contributed by atoms with Crippen LogP contribution in [0.5, 0.6) is 5.88 Å². The number of ether oxygens (including phenoxy) is 1. The van der Waals surface area contributed by atoms with Gasteiger partial charge >= 0.3 is 7.60 Å². The van der Waals surface area contributed by atoms with Crippen LogP contribution < -0.4 is 15.8 Å². The molecule has 1 saturated carbocycles. The van der Waals surface area contributed by atoms with E-state index < -0.39 is 13.2 Å². The third kappa shape index (κ3) is 4.62. The van der Waals surface area contributed by atoms with Crippen LogP contribution in [0.15, 0.2) is 51.9 Å². The Morgan fingerprint density at radius 3 is 2.74 bits per heavy atom. The Morgan fingerprint density at radius 1 is 1.26 bits per heavy atom. The van der Waals surface area contributed by atoms with E-state index in [-0.39, 0.29) is 6.10 Å². The second-order valence-electron chi connectivity index (χ2n) is 9.55. The zero-order chi connectivity index (χ0) is 23.9. The molecule has 0 amide bonds. The molecule has 3 N–H and O–H groups in total. The number of anilines is 1. The van der Waals surface area contributed by atoms with Crippen molar-refractivity contribution in [3.63, 3.8) is 0 Å². The molecule has 2 atom stereocenters. The number of allylic oxidation sites excluding steroid dienone is 3. The van der Waals surface area contributed by atoms with Crippen molar-refractivity contribution in [2.75, 3.05) is 5.73 Å². The molecule has 1 aliphatic heterocycles. The summed E-state index contributed by atoms with van der Waals surface area (Å²) in [5.41, 5.74) is 7.70. The number of aromatic nitrogens is 2. The Morgan fingerprint density at radius 2 is 2.06 bits per heavy atom. The van der Waals surface area contributed by atoms with Crippen molar-refractivity contribution in [3.05, 3.63) is 47.0 Å². The second kappa shape index (κ2) is 9.04. The Kier molecular flexibility index (Phi) is 6.23. The van der Waals surface area contributed by atoms with E-state index in [0.29, 0.717) is 34.5 Å². The Hall–Kier alpha value is -2.32. The van der Waals surface area contributed by atoms with Crippen molar-refractivity contribution < 1.29 is 18.7 Å². The number of hydrogen-bond acceptors (Lipinski definition) is 8. The van der Waals surface area contributed by atoms with Crippen LogP contribution in [0.1, 0.15) is 46.0 Å². The van der Waals surface area contributed by atoms with E-state index in [4.69, 9.17) is 20.0 Å². The Balaban J connectivity index is 1.22. The van der Waals surface area contributed by atoms with Gasteiger partial charge in [-0.15, -0.1) is 0 Å². The fraction of sp³-hybridized carbons (Fsp3) is 0.458. The van der Waals surface area contributed by atoms with Gasteiger partial charge in [-0.1, -0.05) is 18.2 Å². The fourth-order valence-corrected chi connectivity index (χ4v) is 7.31. The van der Waals surface area contributed by atoms with Gasteiger partial charge in [0, 0.05) is 5.38 Å². The number of nitrogen functional groups attached to an aromatic ring is 1. The lowest BCUT2D eigenvalue weighted by Gasteiger charge is -2.35. The molecule has 0 radical (unpaired) electrons. The molecule has 2 aromatic rings. The van der Waals surface area contributed by atoms with Gasteiger partial charge < -0.3 is 19.9 Å². The lowest BCUT2D eigenvalue weighted by Crippen LogP contribution is -2.41. The molecular weight excluding hydrogens is 471 g/mol. The zero-order valence-electron chi connectivity index (χ0n) is 19.3. The summed E-state index contributed by atoms with van der Waals surface area (Å²) in [4.78, 5) is 23.3. The molecule has 8 nitrogen and oxygen atoms in total. The van der Waals surface area contributed by atoms with E-state index in [0.717, 1.165) is 43.4 Å². The summed E-state index contributed by atoms with van der Waals surface area (Å²) >= 11 is 1.40. The molecule has 180 valence electrons. The van der Waals surface area contributed by atoms with Crippen molar-refractivity contribution >= 4 is 41.5 Å². The molecule has 1 fully saturated rings. The summed E-state index contributed by atoms with van der Waals surface area (Å²) in [6.07, 6.45) is 12.3. The highest BCUT2D eigenvalue weighted by atomic mass is 32.1. The van der Waals surface area contributed by atoms with Gasteiger partial charge in [-0.3, -0.25) is 4.57 Å². The van der Waals surface area contributed by atoms with Gasteiger partial charge in [-0.2, -0.15) is 16.3 Å². The van der Waals surface area contributed by atoms with E-state index in [1.165, 1.54) is 17.7 Å². The van der Waals surface area contributed by atoms with E-state index in [2.05, 4.69) is 28.2 Å². The van der Waals surface area contributed by atoms with E-state index in [1.807, 2.05) is 13.8 Å². The summed E-state index contributed by atoms with van der Waals surface area (Å²) < 4.78 is 24.3. The predicted octanol–water partition coefficient (Wildman–Crippen LogP) is 4.95. The van der Waals surface area contributed by atoms with Crippen molar-refractivity contribution in [3.8, 4) is 5.88 Å². The molecule has 0 saturated heterocycles. The molecule has 3 heterocycles. The minimum Gasteiger partial charge on any atom is -0.463 e. The van der Waals surface area contributed by atoms with Crippen LogP contribution in [0, 0.1) is 11.8 Å². The molecule has 5 rings (SSSR count). The van der Waals surface area contributed by atoms with Crippen LogP contribution in [0.4, 0.5) is 11.5 Å². The minimum atomic E-state index is -3.74. The quantitative estimate of drug-likeness (QED) is 0.557. The number of thiophene rings is 1. The SMILES string of the molecule is CC1(C)Oc2ncnc(N)c2N=C1C1=CCC(C2CCC(OP(=O)(O)c3ccsc3)CC2)C=C1. The molecule has 0 spiro atoms. The fourth-order valence-electron chi connectivity index (χ4n) is 4.97. The van der Waals surface area contributed by atoms with Crippen molar-refractivity contribution in [2.45, 2.75) is 57.7 Å². The van der Waals surface area contributed by atoms with Crippen LogP contribution in [-0.2, 0) is 9.09 Å². The van der Waals surface area contributed by atoms with Crippen LogP contribution in [0.2, 0.25) is 0 Å². The maximum absolute atomic E-state index is 12.5. The lowest BCUT2D eigenvalue weighted by molar-refractivity contribution is 0.108. The molecule has 0 aromatic carbocycles. The van der Waals surface area contributed by atoms with Crippen LogP contribution >= 0.6 is 18.9 Å². The molecule has 2 aromatic heterocycles. The molecule has 10 heteroatoms. The number of nitrogens with two attached hydrogens (primary N) is 1. The first-order chi connectivity index (χ1) is 16.2. The van der Waals surface area contributed by atoms with Crippen molar-refractivity contribution in [1.82, 2.24) is 9.97 Å². The number of fused-ring (bicyclic) bond motifs is 1. The summed E-state index contributed by atoms with van der Waals surface area (Å²) in [6, 6.07) is 1.66. The van der Waals surface area contributed by atoms with E-state index in [1.54, 1.807) is 16.8 Å². The lowest BCUT2D eigenvalue weighted by atomic mass is 9.75. The molecule has 34 heavy (non-hydrogen) atoms. The van der Waals surface area contributed by atoms with Gasteiger partial charge in [0.1, 0.15) is 11.9 Å². The van der Waals surface area contributed by atoms with Gasteiger partial charge in [0.2, 0.25) is 5.88 Å². The predicted molar refractivity (Wildman–Crippen MR) is 134 cm³/mol. The smallest absolute Gasteiger partial charge is 0.359 e. The third-order valence-corrected chi connectivity index (χ3v) is 9.19. The van der Waals surface area contributed by atoms with Gasteiger partial charge in [-0.05, 0) is 74.8 Å². The van der Waals surface area contributed by atoms with Crippen molar-refractivity contribution in [1.29, 1.82) is 0 Å². The maximum atomic E-state index is 12.5. The first kappa shape index (κ1) is 23.4. The van der Waals surface area contributed by atoms with Gasteiger partial charge in [0.25, 0.3) is 0 Å². The zero-order valence-corrected chi connectivity index (χ0v) is 21.0. The average Bonchev–Trinajstić information content (AvgIpc) is 3.35. The van der Waals surface area contributed by atoms with Crippen LogP contribution in [-0.4, -0.2) is 32.3 Å². The largest absolute Gasteiger partial charge is 0.463 e. The van der Waals surface area contributed by atoms with Gasteiger partial charge in [0.15, 0.2) is 11.5 Å². The maximum Gasteiger partial charge on any atom is 0.359 e. The van der Waals surface area contributed by atoms with Gasteiger partial charge in [-0.25, -0.2) is 9.98 Å². The highest BCUT2D eigenvalue weighted by Crippen LogP contribution is 2.47. The summed E-state index contributed by atoms with van der Waals surface area (Å²) in [5, 5.41) is 3.87. The molecule has 2 unspecified atom stereocenters. The van der Waals surface area contributed by atoms with E-state index in [9.17, 15) is 9.46 Å². The number of hydrogen-bond donors (Lipinski definition) is 2. The highest BCUT2D eigenvalue weighted by Gasteiger charge is 2.37. The molecular formula is C24H29N4O4PS. The first-order valence-electron chi connectivity index (χ1n) is 11.5. The van der Waals surface area contributed by atoms with Crippen molar-refractivity contribution in [2.24, 2.45) is 16.8 Å². The third-order valence-electron chi connectivity index (χ3n) is 6.82. The summed E-state index contributed by atoms with van der Waals surface area (Å²) in [7, 11) is -3.74. The average molecular weight is 501 g/mol. The van der Waals surface area contributed by atoms with E-state index >= 15 is 0 Å². The highest BCUT2D eigenvalue weighted by molar-refractivity contribution is 7.61. The Bertz CT molecular complexity index is 1200. The summed E-state index contributed by atoms with van der Waals surface area (Å²) in [6.45, 7) is 3.95. The normalized spacial score (nSPS) is 27.7. The van der Waals surface area contributed by atoms with Gasteiger partial charge in [0.05, 0.1) is 17.1 Å². The number of rotatable bonds is 5. The topological polar surface area (TPSA) is 120 Å². The molecule has 2 aliphatic carbocycles. The number of aliphatic imine (C=N–C) groups is 1. The number of nitrogens with zero attached hydrogens (tertiary/aromatic N) is 3.